The number of carbonyl (C=O) groups excluding carboxylic acids is 2. The van der Waals surface area contributed by atoms with E-state index < -0.39 is 6.04 Å². The van der Waals surface area contributed by atoms with Gasteiger partial charge in [-0.3, -0.25) is 14.5 Å². The van der Waals surface area contributed by atoms with Crippen molar-refractivity contribution in [2.24, 2.45) is 4.99 Å². The molecule has 3 heterocycles. The third-order valence-corrected chi connectivity index (χ3v) is 8.15. The Morgan fingerprint density at radius 1 is 1.36 bits per heavy atom. The van der Waals surface area contributed by atoms with Gasteiger partial charge < -0.3 is 9.64 Å². The van der Waals surface area contributed by atoms with E-state index in [2.05, 4.69) is 6.92 Å². The minimum Gasteiger partial charge on any atom is -0.492 e. The number of rotatable bonds is 4. The topological polar surface area (TPSA) is 62.2 Å². The maximum atomic E-state index is 13.5. The van der Waals surface area contributed by atoms with Gasteiger partial charge in [0.1, 0.15) is 17.5 Å². The minimum atomic E-state index is -0.404. The van der Waals surface area contributed by atoms with Crippen molar-refractivity contribution in [3.05, 3.63) is 24.3 Å². The van der Waals surface area contributed by atoms with Crippen molar-refractivity contribution in [1.29, 1.82) is 0 Å². The zero-order valence-electron chi connectivity index (χ0n) is 16.4. The van der Waals surface area contributed by atoms with Gasteiger partial charge in [-0.15, -0.1) is 11.8 Å². The number of hydrogen-bond donors (Lipinski definition) is 0. The van der Waals surface area contributed by atoms with Gasteiger partial charge in [-0.05, 0) is 39.3 Å². The van der Waals surface area contributed by atoms with Crippen molar-refractivity contribution in [1.82, 2.24) is 9.80 Å². The molecule has 3 fully saturated rings. The molecule has 0 aromatic heterocycles. The Balaban J connectivity index is 1.63. The Morgan fingerprint density at radius 3 is 2.93 bits per heavy atom. The molecule has 0 N–H and O–H groups in total. The number of nitrogens with zero attached hydrogens (tertiary/aromatic N) is 3. The van der Waals surface area contributed by atoms with E-state index in [1.54, 1.807) is 28.4 Å². The molecule has 0 saturated carbocycles. The van der Waals surface area contributed by atoms with E-state index in [0.29, 0.717) is 29.7 Å². The molecule has 1 aromatic carbocycles. The average Bonchev–Trinajstić information content (AvgIpc) is 3.30. The molecule has 2 amide bonds. The average molecular weight is 420 g/mol. The van der Waals surface area contributed by atoms with E-state index in [4.69, 9.17) is 9.73 Å². The van der Waals surface area contributed by atoms with E-state index in [1.165, 1.54) is 0 Å². The Bertz CT molecular complexity index is 831. The Morgan fingerprint density at radius 2 is 2.14 bits per heavy atom. The molecule has 0 aliphatic carbocycles. The maximum absolute atomic E-state index is 13.5. The molecule has 3 aliphatic heterocycles. The van der Waals surface area contributed by atoms with Crippen molar-refractivity contribution in [2.45, 2.75) is 50.6 Å². The summed E-state index contributed by atoms with van der Waals surface area (Å²) >= 11 is 3.30. The fourth-order valence-corrected chi connectivity index (χ4v) is 6.55. The second-order valence-corrected chi connectivity index (χ2v) is 9.92. The van der Waals surface area contributed by atoms with Gasteiger partial charge in [0.25, 0.3) is 5.91 Å². The van der Waals surface area contributed by atoms with Crippen LogP contribution < -0.4 is 4.74 Å². The number of amides is 2. The van der Waals surface area contributed by atoms with Crippen molar-refractivity contribution in [3.63, 3.8) is 0 Å². The number of amidine groups is 1. The Kier molecular flexibility index (Phi) is 5.35. The molecule has 4 rings (SSSR count). The quantitative estimate of drug-likeness (QED) is 0.748. The number of benzene rings is 1. The number of ether oxygens (including phenoxy) is 1. The monoisotopic (exact) mass is 419 g/mol. The van der Waals surface area contributed by atoms with Gasteiger partial charge in [0.05, 0.1) is 11.5 Å². The third kappa shape index (κ3) is 3.30. The Labute approximate surface area is 174 Å². The highest BCUT2D eigenvalue weighted by Crippen LogP contribution is 2.48. The van der Waals surface area contributed by atoms with E-state index in [9.17, 15) is 9.59 Å². The van der Waals surface area contributed by atoms with Gasteiger partial charge in [-0.25, -0.2) is 4.99 Å². The van der Waals surface area contributed by atoms with Gasteiger partial charge in [0, 0.05) is 24.0 Å². The van der Waals surface area contributed by atoms with Crippen LogP contribution in [0.4, 0.5) is 5.69 Å². The lowest BCUT2D eigenvalue weighted by Gasteiger charge is -2.32. The lowest BCUT2D eigenvalue weighted by Crippen LogP contribution is -2.53. The number of para-hydroxylation sites is 2. The van der Waals surface area contributed by atoms with Gasteiger partial charge in [0.15, 0.2) is 5.17 Å². The van der Waals surface area contributed by atoms with Crippen LogP contribution in [0.15, 0.2) is 29.3 Å². The highest BCUT2D eigenvalue weighted by molar-refractivity contribution is 8.14. The zero-order chi connectivity index (χ0) is 19.9. The molecule has 1 aromatic rings. The summed E-state index contributed by atoms with van der Waals surface area (Å²) in [5.41, 5.74) is 0.724. The summed E-state index contributed by atoms with van der Waals surface area (Å²) in [6, 6.07) is 7.26. The van der Waals surface area contributed by atoms with Crippen LogP contribution >= 0.6 is 23.5 Å². The first-order valence-electron chi connectivity index (χ1n) is 9.67. The van der Waals surface area contributed by atoms with Crippen LogP contribution in [0.5, 0.6) is 5.75 Å². The molecule has 3 unspecified atom stereocenters. The first-order chi connectivity index (χ1) is 13.4. The molecule has 0 spiro atoms. The van der Waals surface area contributed by atoms with Gasteiger partial charge in [-0.2, -0.15) is 0 Å². The first kappa shape index (κ1) is 19.6. The lowest BCUT2D eigenvalue weighted by atomic mass is 10.2. The number of carbonyl (C=O) groups is 2. The van der Waals surface area contributed by atoms with Crippen LogP contribution in [-0.2, 0) is 9.59 Å². The Hall–Kier alpha value is -1.67. The van der Waals surface area contributed by atoms with Gasteiger partial charge in [0.2, 0.25) is 5.91 Å². The summed E-state index contributed by atoms with van der Waals surface area (Å²) in [5, 5.41) is 0.690. The van der Waals surface area contributed by atoms with Crippen LogP contribution in [-0.4, -0.2) is 61.8 Å². The molecule has 6 nitrogen and oxygen atoms in total. The zero-order valence-corrected chi connectivity index (χ0v) is 18.0. The van der Waals surface area contributed by atoms with Crippen LogP contribution in [0.2, 0.25) is 0 Å². The second-order valence-electron chi connectivity index (χ2n) is 7.43. The molecule has 0 bridgehead atoms. The van der Waals surface area contributed by atoms with Crippen LogP contribution in [0.25, 0.3) is 0 Å². The summed E-state index contributed by atoms with van der Waals surface area (Å²) in [6.07, 6.45) is 1.34. The van der Waals surface area contributed by atoms with E-state index >= 15 is 0 Å². The smallest absolute Gasteiger partial charge is 0.252 e. The summed E-state index contributed by atoms with van der Waals surface area (Å²) in [6.45, 7) is 6.61. The minimum absolute atomic E-state index is 0.0170. The third-order valence-electron chi connectivity index (χ3n) is 5.45. The van der Waals surface area contributed by atoms with Crippen molar-refractivity contribution in [2.75, 3.05) is 18.1 Å². The van der Waals surface area contributed by atoms with Crippen molar-refractivity contribution >= 4 is 46.2 Å². The van der Waals surface area contributed by atoms with Crippen LogP contribution in [0, 0.1) is 0 Å². The predicted molar refractivity (Wildman–Crippen MR) is 114 cm³/mol. The van der Waals surface area contributed by atoms with Gasteiger partial charge >= 0.3 is 0 Å². The highest BCUT2D eigenvalue weighted by atomic mass is 32.2. The number of hydrogen-bond acceptors (Lipinski definition) is 6. The molecule has 28 heavy (non-hydrogen) atoms. The van der Waals surface area contributed by atoms with Crippen molar-refractivity contribution in [3.8, 4) is 5.75 Å². The van der Waals surface area contributed by atoms with Crippen LogP contribution in [0.3, 0.4) is 0 Å². The molecule has 0 radical (unpaired) electrons. The molecule has 3 atom stereocenters. The SMILES string of the molecule is CCOc1ccccc1N=C1SCC(C)N1C(=O)C1CSC2(C)CCC(=O)N12. The molecule has 3 saturated heterocycles. The van der Waals surface area contributed by atoms with E-state index in [-0.39, 0.29) is 22.7 Å². The lowest BCUT2D eigenvalue weighted by molar-refractivity contribution is -0.141. The van der Waals surface area contributed by atoms with Gasteiger partial charge in [-0.1, -0.05) is 23.9 Å². The molecule has 3 aliphatic rings. The van der Waals surface area contributed by atoms with E-state index in [0.717, 1.165) is 17.9 Å². The summed E-state index contributed by atoms with van der Waals surface area (Å²) in [7, 11) is 0. The van der Waals surface area contributed by atoms with E-state index in [1.807, 2.05) is 43.0 Å². The molecule has 8 heteroatoms. The molecular formula is C20H25N3O3S2. The molecular weight excluding hydrogens is 394 g/mol. The number of thioether (sulfide) groups is 2. The van der Waals surface area contributed by atoms with Crippen molar-refractivity contribution < 1.29 is 14.3 Å². The fraction of sp³-hybridized carbons (Fsp3) is 0.550. The second kappa shape index (κ2) is 7.63. The number of fused-ring (bicyclic) bond motifs is 1. The van der Waals surface area contributed by atoms with Crippen LogP contribution in [0.1, 0.15) is 33.6 Å². The maximum Gasteiger partial charge on any atom is 0.252 e. The standard InChI is InChI=1S/C20H25N3O3S2/c1-4-26-16-8-6-5-7-14(16)21-19-22(13(2)11-27-19)18(25)15-12-28-20(3)10-9-17(24)23(15)20/h5-8,13,15H,4,9-12H2,1-3H3. The number of aliphatic imine (C=N–C) groups is 1. The molecule has 150 valence electrons. The summed E-state index contributed by atoms with van der Waals surface area (Å²) in [5.74, 6) is 2.23. The summed E-state index contributed by atoms with van der Waals surface area (Å²) in [4.78, 5) is 34.1. The predicted octanol–water partition coefficient (Wildman–Crippen LogP) is 3.49. The first-order valence-corrected chi connectivity index (χ1v) is 11.6. The fourth-order valence-electron chi connectivity index (χ4n) is 4.02. The summed E-state index contributed by atoms with van der Waals surface area (Å²) < 4.78 is 5.68. The highest BCUT2D eigenvalue weighted by Gasteiger charge is 2.54. The largest absolute Gasteiger partial charge is 0.492 e. The normalized spacial score (nSPS) is 31.0.